The van der Waals surface area contributed by atoms with Crippen LogP contribution in [0, 0.1) is 0 Å². The summed E-state index contributed by atoms with van der Waals surface area (Å²) in [6, 6.07) is 2.01. The Morgan fingerprint density at radius 3 is 2.77 bits per heavy atom. The standard InChI is InChI=1S/C11H19NO/c1-3-5-11(13)10-6-8-12(9-10)7-4-2/h6,8-9,11,13H,3-5,7H2,1-2H3. The van der Waals surface area contributed by atoms with Crippen LogP contribution in [0.15, 0.2) is 18.5 Å². The van der Waals surface area contributed by atoms with E-state index in [1.807, 2.05) is 18.5 Å². The fraction of sp³-hybridized carbons (Fsp3) is 0.636. The van der Waals surface area contributed by atoms with E-state index in [1.54, 1.807) is 0 Å². The number of nitrogens with zero attached hydrogens (tertiary/aromatic N) is 1. The molecule has 1 N–H and O–H groups in total. The third-order valence-corrected chi connectivity index (χ3v) is 2.20. The molecule has 1 atom stereocenters. The Hall–Kier alpha value is -0.760. The predicted octanol–water partition coefficient (Wildman–Crippen LogP) is 2.73. The molecule has 2 heteroatoms. The molecular weight excluding hydrogens is 162 g/mol. The zero-order chi connectivity index (χ0) is 9.68. The number of hydrogen-bond donors (Lipinski definition) is 1. The van der Waals surface area contributed by atoms with E-state index in [2.05, 4.69) is 18.4 Å². The van der Waals surface area contributed by atoms with Crippen LogP contribution in [0.5, 0.6) is 0 Å². The van der Waals surface area contributed by atoms with Gasteiger partial charge in [0.15, 0.2) is 0 Å². The molecule has 0 amide bonds. The monoisotopic (exact) mass is 181 g/mol. The van der Waals surface area contributed by atoms with Crippen LogP contribution < -0.4 is 0 Å². The molecule has 1 rings (SSSR count). The van der Waals surface area contributed by atoms with E-state index in [9.17, 15) is 5.11 Å². The molecule has 1 aromatic heterocycles. The van der Waals surface area contributed by atoms with Crippen molar-refractivity contribution in [1.29, 1.82) is 0 Å². The molecule has 0 saturated heterocycles. The summed E-state index contributed by atoms with van der Waals surface area (Å²) >= 11 is 0. The van der Waals surface area contributed by atoms with Crippen molar-refractivity contribution < 1.29 is 5.11 Å². The second kappa shape index (κ2) is 5.07. The minimum atomic E-state index is -0.275. The molecular formula is C11H19NO. The van der Waals surface area contributed by atoms with E-state index < -0.39 is 0 Å². The summed E-state index contributed by atoms with van der Waals surface area (Å²) in [5.74, 6) is 0. The van der Waals surface area contributed by atoms with Gasteiger partial charge in [0.2, 0.25) is 0 Å². The zero-order valence-corrected chi connectivity index (χ0v) is 8.53. The Balaban J connectivity index is 2.56. The first-order valence-electron chi connectivity index (χ1n) is 5.11. The molecule has 0 spiro atoms. The van der Waals surface area contributed by atoms with Crippen LogP contribution in [0.4, 0.5) is 0 Å². The van der Waals surface area contributed by atoms with Crippen LogP contribution >= 0.6 is 0 Å². The maximum atomic E-state index is 9.69. The predicted molar refractivity (Wildman–Crippen MR) is 54.6 cm³/mol. The number of aryl methyl sites for hydroxylation is 1. The van der Waals surface area contributed by atoms with Gasteiger partial charge in [-0.15, -0.1) is 0 Å². The van der Waals surface area contributed by atoms with Crippen molar-refractivity contribution in [2.75, 3.05) is 0 Å². The minimum absolute atomic E-state index is 0.275. The Labute approximate surface area is 80.2 Å². The lowest BCUT2D eigenvalue weighted by Crippen LogP contribution is -1.96. The highest BCUT2D eigenvalue weighted by atomic mass is 16.3. The molecule has 0 aliphatic rings. The summed E-state index contributed by atoms with van der Waals surface area (Å²) in [4.78, 5) is 0. The molecule has 1 aromatic rings. The second-order valence-electron chi connectivity index (χ2n) is 3.49. The highest BCUT2D eigenvalue weighted by molar-refractivity contribution is 5.13. The largest absolute Gasteiger partial charge is 0.388 e. The van der Waals surface area contributed by atoms with Gasteiger partial charge in [0.1, 0.15) is 0 Å². The number of hydrogen-bond acceptors (Lipinski definition) is 1. The van der Waals surface area contributed by atoms with Crippen molar-refractivity contribution in [3.8, 4) is 0 Å². The highest BCUT2D eigenvalue weighted by Crippen LogP contribution is 2.18. The van der Waals surface area contributed by atoms with Crippen molar-refractivity contribution in [3.63, 3.8) is 0 Å². The summed E-state index contributed by atoms with van der Waals surface area (Å²) in [6.45, 7) is 5.28. The molecule has 74 valence electrons. The van der Waals surface area contributed by atoms with Gasteiger partial charge in [-0.1, -0.05) is 20.3 Å². The highest BCUT2D eigenvalue weighted by Gasteiger charge is 2.06. The van der Waals surface area contributed by atoms with Gasteiger partial charge in [-0.25, -0.2) is 0 Å². The molecule has 13 heavy (non-hydrogen) atoms. The molecule has 0 radical (unpaired) electrons. The molecule has 2 nitrogen and oxygen atoms in total. The zero-order valence-electron chi connectivity index (χ0n) is 8.53. The Morgan fingerprint density at radius 1 is 1.38 bits per heavy atom. The summed E-state index contributed by atoms with van der Waals surface area (Å²) < 4.78 is 2.13. The molecule has 0 aliphatic carbocycles. The van der Waals surface area contributed by atoms with E-state index in [-0.39, 0.29) is 6.10 Å². The third-order valence-electron chi connectivity index (χ3n) is 2.20. The maximum absolute atomic E-state index is 9.69. The molecule has 0 saturated carbocycles. The van der Waals surface area contributed by atoms with Crippen molar-refractivity contribution in [3.05, 3.63) is 24.0 Å². The first-order chi connectivity index (χ1) is 6.27. The van der Waals surface area contributed by atoms with Gasteiger partial charge in [0.25, 0.3) is 0 Å². The van der Waals surface area contributed by atoms with Gasteiger partial charge in [-0.3, -0.25) is 0 Å². The molecule has 0 aromatic carbocycles. The first kappa shape index (κ1) is 10.3. The Bertz CT molecular complexity index is 242. The van der Waals surface area contributed by atoms with Crippen molar-refractivity contribution >= 4 is 0 Å². The maximum Gasteiger partial charge on any atom is 0.0804 e. The number of rotatable bonds is 5. The van der Waals surface area contributed by atoms with Crippen LogP contribution in [-0.4, -0.2) is 9.67 Å². The summed E-state index contributed by atoms with van der Waals surface area (Å²) in [6.07, 6.45) is 6.83. The van der Waals surface area contributed by atoms with Gasteiger partial charge < -0.3 is 9.67 Å². The molecule has 0 bridgehead atoms. The van der Waals surface area contributed by atoms with Gasteiger partial charge in [0.05, 0.1) is 6.10 Å². The summed E-state index contributed by atoms with van der Waals surface area (Å²) in [7, 11) is 0. The average Bonchev–Trinajstić information content (AvgIpc) is 2.54. The van der Waals surface area contributed by atoms with Crippen LogP contribution in [0.3, 0.4) is 0 Å². The number of aliphatic hydroxyl groups excluding tert-OH is 1. The molecule has 1 unspecified atom stereocenters. The number of aromatic nitrogens is 1. The van der Waals surface area contributed by atoms with Crippen molar-refractivity contribution in [2.45, 2.75) is 45.8 Å². The van der Waals surface area contributed by atoms with E-state index >= 15 is 0 Å². The van der Waals surface area contributed by atoms with Crippen molar-refractivity contribution in [2.24, 2.45) is 0 Å². The Kier molecular flexibility index (Phi) is 4.03. The second-order valence-corrected chi connectivity index (χ2v) is 3.49. The first-order valence-corrected chi connectivity index (χ1v) is 5.11. The molecule has 1 heterocycles. The smallest absolute Gasteiger partial charge is 0.0804 e. The third kappa shape index (κ3) is 2.88. The quantitative estimate of drug-likeness (QED) is 0.742. The average molecular weight is 181 g/mol. The molecule has 0 aliphatic heterocycles. The normalized spacial score (nSPS) is 13.2. The van der Waals surface area contributed by atoms with E-state index in [0.717, 1.165) is 31.4 Å². The van der Waals surface area contributed by atoms with Crippen LogP contribution in [-0.2, 0) is 6.54 Å². The van der Waals surface area contributed by atoms with Gasteiger partial charge in [-0.2, -0.15) is 0 Å². The lowest BCUT2D eigenvalue weighted by atomic mass is 10.1. The topological polar surface area (TPSA) is 25.2 Å². The van der Waals surface area contributed by atoms with Gasteiger partial charge in [0, 0.05) is 18.9 Å². The minimum Gasteiger partial charge on any atom is -0.388 e. The van der Waals surface area contributed by atoms with Crippen LogP contribution in [0.25, 0.3) is 0 Å². The van der Waals surface area contributed by atoms with E-state index in [1.165, 1.54) is 0 Å². The summed E-state index contributed by atoms with van der Waals surface area (Å²) in [5, 5.41) is 9.69. The Morgan fingerprint density at radius 2 is 2.15 bits per heavy atom. The van der Waals surface area contributed by atoms with Crippen LogP contribution in [0.1, 0.15) is 44.8 Å². The van der Waals surface area contributed by atoms with Gasteiger partial charge >= 0.3 is 0 Å². The fourth-order valence-corrected chi connectivity index (χ4v) is 1.49. The molecule has 0 fully saturated rings. The van der Waals surface area contributed by atoms with E-state index in [0.29, 0.717) is 0 Å². The van der Waals surface area contributed by atoms with Crippen molar-refractivity contribution in [1.82, 2.24) is 4.57 Å². The lowest BCUT2D eigenvalue weighted by molar-refractivity contribution is 0.166. The SMILES string of the molecule is CCCC(O)c1ccn(CCC)c1. The van der Waals surface area contributed by atoms with E-state index in [4.69, 9.17) is 0 Å². The number of aliphatic hydroxyl groups is 1. The van der Waals surface area contributed by atoms with Gasteiger partial charge in [-0.05, 0) is 24.5 Å². The fourth-order valence-electron chi connectivity index (χ4n) is 1.49. The van der Waals surface area contributed by atoms with Crippen LogP contribution in [0.2, 0.25) is 0 Å². The summed E-state index contributed by atoms with van der Waals surface area (Å²) in [5.41, 5.74) is 1.05. The lowest BCUT2D eigenvalue weighted by Gasteiger charge is -2.06.